The Morgan fingerprint density at radius 2 is 2.06 bits per heavy atom. The fourth-order valence-electron chi connectivity index (χ4n) is 3.64. The average molecular weight is 251 g/mol. The average Bonchev–Trinajstić information content (AvgIpc) is 2.34. The highest BCUT2D eigenvalue weighted by Gasteiger charge is 2.36. The second-order valence-electron chi connectivity index (χ2n) is 6.66. The molecule has 0 saturated heterocycles. The van der Waals surface area contributed by atoms with Crippen molar-refractivity contribution in [2.45, 2.75) is 77.7 Å². The second-order valence-corrected chi connectivity index (χ2v) is 6.66. The molecule has 2 unspecified atom stereocenters. The summed E-state index contributed by atoms with van der Waals surface area (Å²) in [7, 11) is 2.15. The Hall–Kier alpha value is -0.300. The van der Waals surface area contributed by atoms with Crippen molar-refractivity contribution in [1.82, 2.24) is 5.32 Å². The van der Waals surface area contributed by atoms with Crippen LogP contribution < -0.4 is 5.32 Å². The lowest BCUT2D eigenvalue weighted by Crippen LogP contribution is -2.43. The molecule has 0 bridgehead atoms. The number of hydrogen-bond acceptors (Lipinski definition) is 1. The van der Waals surface area contributed by atoms with Crippen LogP contribution >= 0.6 is 0 Å². The van der Waals surface area contributed by atoms with E-state index in [0.717, 1.165) is 12.0 Å². The standard InChI is InChI=1S/C17H33N/c1-5-6-7-8-9-13-16(18-4)15-12-10-11-14-17(15,2)3/h5,15-16,18H,1,6-14H2,2-4H3. The quantitative estimate of drug-likeness (QED) is 0.476. The van der Waals surface area contributed by atoms with E-state index in [2.05, 4.69) is 32.8 Å². The number of nitrogens with one attached hydrogen (secondary N) is 1. The molecule has 1 nitrogen and oxygen atoms in total. The number of allylic oxidation sites excluding steroid dienone is 1. The molecule has 1 saturated carbocycles. The third-order valence-electron chi connectivity index (χ3n) is 4.87. The highest BCUT2D eigenvalue weighted by Crippen LogP contribution is 2.43. The molecule has 0 aromatic rings. The molecule has 0 aromatic carbocycles. The van der Waals surface area contributed by atoms with E-state index in [4.69, 9.17) is 0 Å². The molecule has 2 atom stereocenters. The first kappa shape index (κ1) is 15.8. The van der Waals surface area contributed by atoms with Gasteiger partial charge in [0.05, 0.1) is 0 Å². The maximum absolute atomic E-state index is 3.79. The number of hydrogen-bond donors (Lipinski definition) is 1. The van der Waals surface area contributed by atoms with Crippen molar-refractivity contribution >= 4 is 0 Å². The molecule has 1 fully saturated rings. The van der Waals surface area contributed by atoms with Gasteiger partial charge in [-0.2, -0.15) is 0 Å². The van der Waals surface area contributed by atoms with Gasteiger partial charge < -0.3 is 5.32 Å². The highest BCUT2D eigenvalue weighted by molar-refractivity contribution is 4.89. The summed E-state index contributed by atoms with van der Waals surface area (Å²) in [4.78, 5) is 0. The van der Waals surface area contributed by atoms with E-state index in [0.29, 0.717) is 5.41 Å². The Morgan fingerprint density at radius 1 is 1.28 bits per heavy atom. The lowest BCUT2D eigenvalue weighted by molar-refractivity contribution is 0.0966. The zero-order valence-electron chi connectivity index (χ0n) is 12.8. The van der Waals surface area contributed by atoms with Gasteiger partial charge in [-0.15, -0.1) is 6.58 Å². The van der Waals surface area contributed by atoms with Gasteiger partial charge in [0.2, 0.25) is 0 Å². The predicted molar refractivity (Wildman–Crippen MR) is 81.9 cm³/mol. The Bertz CT molecular complexity index is 232. The normalized spacial score (nSPS) is 24.7. The van der Waals surface area contributed by atoms with E-state index < -0.39 is 0 Å². The highest BCUT2D eigenvalue weighted by atomic mass is 14.9. The van der Waals surface area contributed by atoms with E-state index in [1.165, 1.54) is 57.8 Å². The minimum absolute atomic E-state index is 0.535. The van der Waals surface area contributed by atoms with Crippen LogP contribution in [0.4, 0.5) is 0 Å². The number of rotatable bonds is 8. The predicted octanol–water partition coefficient (Wildman–Crippen LogP) is 4.93. The zero-order chi connectivity index (χ0) is 13.4. The second kappa shape index (κ2) is 7.99. The summed E-state index contributed by atoms with van der Waals surface area (Å²) in [5.74, 6) is 0.871. The minimum Gasteiger partial charge on any atom is -0.317 e. The molecule has 1 aliphatic rings. The van der Waals surface area contributed by atoms with Gasteiger partial charge in [-0.05, 0) is 50.5 Å². The van der Waals surface area contributed by atoms with Crippen molar-refractivity contribution < 1.29 is 0 Å². The van der Waals surface area contributed by atoms with Gasteiger partial charge in [-0.25, -0.2) is 0 Å². The van der Waals surface area contributed by atoms with Gasteiger partial charge in [0.15, 0.2) is 0 Å². The monoisotopic (exact) mass is 251 g/mol. The van der Waals surface area contributed by atoms with E-state index in [1.54, 1.807) is 0 Å². The van der Waals surface area contributed by atoms with Crippen molar-refractivity contribution in [3.05, 3.63) is 12.7 Å². The third kappa shape index (κ3) is 4.76. The molecule has 1 rings (SSSR count). The maximum atomic E-state index is 3.79. The lowest BCUT2D eigenvalue weighted by atomic mass is 9.65. The van der Waals surface area contributed by atoms with Crippen LogP contribution in [0, 0.1) is 11.3 Å². The molecule has 0 radical (unpaired) electrons. The molecule has 1 N–H and O–H groups in total. The summed E-state index contributed by atoms with van der Waals surface area (Å²) in [5, 5.41) is 3.60. The summed E-state index contributed by atoms with van der Waals surface area (Å²) >= 11 is 0. The van der Waals surface area contributed by atoms with Crippen LogP contribution in [0.15, 0.2) is 12.7 Å². The molecule has 0 aliphatic heterocycles. The summed E-state index contributed by atoms with van der Waals surface area (Å²) in [6.45, 7) is 8.73. The molecule has 0 heterocycles. The van der Waals surface area contributed by atoms with E-state index >= 15 is 0 Å². The van der Waals surface area contributed by atoms with Crippen molar-refractivity contribution in [2.24, 2.45) is 11.3 Å². The van der Waals surface area contributed by atoms with Crippen molar-refractivity contribution in [1.29, 1.82) is 0 Å². The minimum atomic E-state index is 0.535. The molecule has 106 valence electrons. The van der Waals surface area contributed by atoms with Gasteiger partial charge in [0.25, 0.3) is 0 Å². The summed E-state index contributed by atoms with van der Waals surface area (Å²) < 4.78 is 0. The van der Waals surface area contributed by atoms with E-state index in [1.807, 2.05) is 6.08 Å². The van der Waals surface area contributed by atoms with Crippen LogP contribution in [-0.4, -0.2) is 13.1 Å². The third-order valence-corrected chi connectivity index (χ3v) is 4.87. The molecule has 1 heteroatoms. The molecule has 1 aliphatic carbocycles. The van der Waals surface area contributed by atoms with Crippen LogP contribution in [-0.2, 0) is 0 Å². The molecule has 0 amide bonds. The van der Waals surface area contributed by atoms with Gasteiger partial charge in [-0.1, -0.05) is 45.6 Å². The van der Waals surface area contributed by atoms with Crippen LogP contribution in [0.3, 0.4) is 0 Å². The van der Waals surface area contributed by atoms with Crippen LogP contribution in [0.5, 0.6) is 0 Å². The molecule has 0 spiro atoms. The fraction of sp³-hybridized carbons (Fsp3) is 0.882. The van der Waals surface area contributed by atoms with Gasteiger partial charge in [-0.3, -0.25) is 0 Å². The largest absolute Gasteiger partial charge is 0.317 e. The van der Waals surface area contributed by atoms with Gasteiger partial charge in [0, 0.05) is 6.04 Å². The number of unbranched alkanes of at least 4 members (excludes halogenated alkanes) is 3. The fourth-order valence-corrected chi connectivity index (χ4v) is 3.64. The van der Waals surface area contributed by atoms with Crippen LogP contribution in [0.1, 0.15) is 71.6 Å². The van der Waals surface area contributed by atoms with Crippen LogP contribution in [0.2, 0.25) is 0 Å². The topological polar surface area (TPSA) is 12.0 Å². The van der Waals surface area contributed by atoms with Crippen molar-refractivity contribution in [3.8, 4) is 0 Å². The lowest BCUT2D eigenvalue weighted by Gasteiger charge is -2.43. The first-order chi connectivity index (χ1) is 8.61. The Kier molecular flexibility index (Phi) is 6.99. The first-order valence-corrected chi connectivity index (χ1v) is 7.90. The SMILES string of the molecule is C=CCCCCCC(NC)C1CCCCC1(C)C. The molecule has 0 aromatic heterocycles. The smallest absolute Gasteiger partial charge is 0.00974 e. The summed E-state index contributed by atoms with van der Waals surface area (Å²) in [6.07, 6.45) is 14.3. The van der Waals surface area contributed by atoms with Gasteiger partial charge >= 0.3 is 0 Å². The Balaban J connectivity index is 2.36. The summed E-state index contributed by atoms with van der Waals surface area (Å²) in [5.41, 5.74) is 0.535. The van der Waals surface area contributed by atoms with Gasteiger partial charge in [0.1, 0.15) is 0 Å². The molecular weight excluding hydrogens is 218 g/mol. The molecular formula is C17H33N. The summed E-state index contributed by atoms with van der Waals surface area (Å²) in [6, 6.07) is 0.726. The van der Waals surface area contributed by atoms with Crippen molar-refractivity contribution in [2.75, 3.05) is 7.05 Å². The Morgan fingerprint density at radius 3 is 2.67 bits per heavy atom. The Labute approximate surface area is 114 Å². The van der Waals surface area contributed by atoms with E-state index in [9.17, 15) is 0 Å². The zero-order valence-corrected chi connectivity index (χ0v) is 12.8. The molecule has 18 heavy (non-hydrogen) atoms. The maximum Gasteiger partial charge on any atom is 0.00974 e. The van der Waals surface area contributed by atoms with E-state index in [-0.39, 0.29) is 0 Å². The van der Waals surface area contributed by atoms with Crippen molar-refractivity contribution in [3.63, 3.8) is 0 Å². The first-order valence-electron chi connectivity index (χ1n) is 7.90. The van der Waals surface area contributed by atoms with Crippen LogP contribution in [0.25, 0.3) is 0 Å².